The number of nitrogen functional groups attached to an aromatic ring is 1. The Morgan fingerprint density at radius 1 is 1.39 bits per heavy atom. The fourth-order valence-electron chi connectivity index (χ4n) is 4.02. The van der Waals surface area contributed by atoms with Gasteiger partial charge in [-0.1, -0.05) is 29.4 Å². The van der Waals surface area contributed by atoms with Gasteiger partial charge in [0, 0.05) is 29.4 Å². The number of piperidine rings is 1. The van der Waals surface area contributed by atoms with E-state index < -0.39 is 0 Å². The van der Waals surface area contributed by atoms with Gasteiger partial charge in [0.05, 0.1) is 34.6 Å². The molecule has 9 heteroatoms. The van der Waals surface area contributed by atoms with E-state index in [1.54, 1.807) is 12.3 Å². The molecule has 2 aromatic rings. The smallest absolute Gasteiger partial charge is 0.291 e. The van der Waals surface area contributed by atoms with Crippen LogP contribution >= 0.6 is 23.4 Å². The lowest BCUT2D eigenvalue weighted by atomic mass is 9.73. The van der Waals surface area contributed by atoms with E-state index in [1.165, 1.54) is 11.8 Å². The van der Waals surface area contributed by atoms with E-state index in [4.69, 9.17) is 27.8 Å². The number of nitrogens with two attached hydrogens (primary N) is 2. The Hall–Kier alpha value is -1.74. The zero-order valence-electron chi connectivity index (χ0n) is 15.7. The molecule has 2 fully saturated rings. The van der Waals surface area contributed by atoms with Gasteiger partial charge < -0.3 is 26.1 Å². The van der Waals surface area contributed by atoms with Gasteiger partial charge in [-0.15, -0.1) is 0 Å². The van der Waals surface area contributed by atoms with Crippen molar-refractivity contribution in [2.24, 2.45) is 11.1 Å². The van der Waals surface area contributed by atoms with E-state index in [0.29, 0.717) is 28.2 Å². The maximum Gasteiger partial charge on any atom is 0.291 e. The van der Waals surface area contributed by atoms with Gasteiger partial charge in [0.25, 0.3) is 5.56 Å². The summed E-state index contributed by atoms with van der Waals surface area (Å²) in [6.45, 7) is 4.21. The molecule has 1 aromatic heterocycles. The molecular formula is C19H24ClN5O2S. The zero-order chi connectivity index (χ0) is 19.9. The quantitative estimate of drug-likeness (QED) is 0.653. The SMILES string of the molecule is C[C@@H]1OCC2(CCN(c3ncc(Sc4cccc(N)c4Cl)[nH]c3=O)CC2)[C@@H]1N. The Morgan fingerprint density at radius 2 is 2.14 bits per heavy atom. The van der Waals surface area contributed by atoms with Crippen LogP contribution in [0.4, 0.5) is 11.5 Å². The van der Waals surface area contributed by atoms with Crippen LogP contribution in [0.25, 0.3) is 0 Å². The maximum absolute atomic E-state index is 12.6. The second kappa shape index (κ2) is 7.59. The molecule has 0 bridgehead atoms. The summed E-state index contributed by atoms with van der Waals surface area (Å²) in [4.78, 5) is 22.8. The van der Waals surface area contributed by atoms with Crippen molar-refractivity contribution in [2.75, 3.05) is 30.3 Å². The number of anilines is 2. The summed E-state index contributed by atoms with van der Waals surface area (Å²) < 4.78 is 5.76. The first-order chi connectivity index (χ1) is 13.4. The van der Waals surface area contributed by atoms with Crippen molar-refractivity contribution < 1.29 is 4.74 Å². The number of benzene rings is 1. The number of ether oxygens (including phenoxy) is 1. The number of nitrogens with one attached hydrogen (secondary N) is 1. The maximum atomic E-state index is 12.6. The summed E-state index contributed by atoms with van der Waals surface area (Å²) in [5, 5.41) is 1.10. The Labute approximate surface area is 172 Å². The van der Waals surface area contributed by atoms with Gasteiger partial charge in [-0.05, 0) is 31.9 Å². The number of halogens is 1. The normalized spacial score (nSPS) is 24.0. The molecule has 2 aliphatic heterocycles. The molecule has 28 heavy (non-hydrogen) atoms. The molecule has 0 unspecified atom stereocenters. The first-order valence-electron chi connectivity index (χ1n) is 9.33. The number of H-pyrrole nitrogens is 1. The summed E-state index contributed by atoms with van der Waals surface area (Å²) >= 11 is 7.56. The molecule has 4 rings (SSSR count). The van der Waals surface area contributed by atoms with Gasteiger partial charge >= 0.3 is 0 Å². The third kappa shape index (κ3) is 3.50. The van der Waals surface area contributed by atoms with E-state index in [2.05, 4.69) is 9.97 Å². The fourth-order valence-corrected chi connectivity index (χ4v) is 5.10. The number of nitrogens with zero attached hydrogens (tertiary/aromatic N) is 2. The third-order valence-corrected chi connectivity index (χ3v) is 7.38. The van der Waals surface area contributed by atoms with Gasteiger partial charge in [-0.25, -0.2) is 4.98 Å². The summed E-state index contributed by atoms with van der Waals surface area (Å²) in [5.74, 6) is 0.443. The molecule has 2 aliphatic rings. The minimum atomic E-state index is -0.207. The lowest BCUT2D eigenvalue weighted by molar-refractivity contribution is 0.0974. The second-order valence-corrected chi connectivity index (χ2v) is 9.01. The summed E-state index contributed by atoms with van der Waals surface area (Å²) in [6.07, 6.45) is 3.55. The number of hydrogen-bond acceptors (Lipinski definition) is 7. The number of hydrogen-bond donors (Lipinski definition) is 3. The largest absolute Gasteiger partial charge is 0.397 e. The van der Waals surface area contributed by atoms with Crippen molar-refractivity contribution in [1.82, 2.24) is 9.97 Å². The molecule has 0 saturated carbocycles. The van der Waals surface area contributed by atoms with Gasteiger partial charge in [-0.3, -0.25) is 4.79 Å². The van der Waals surface area contributed by atoms with Crippen molar-refractivity contribution in [3.8, 4) is 0 Å². The zero-order valence-corrected chi connectivity index (χ0v) is 17.2. The van der Waals surface area contributed by atoms with E-state index in [0.717, 1.165) is 30.8 Å². The van der Waals surface area contributed by atoms with Crippen LogP contribution in [0.2, 0.25) is 5.02 Å². The Bertz CT molecular complexity index is 929. The van der Waals surface area contributed by atoms with Gasteiger partial charge in [0.2, 0.25) is 0 Å². The molecule has 0 radical (unpaired) electrons. The fraction of sp³-hybridized carbons (Fsp3) is 0.474. The van der Waals surface area contributed by atoms with Crippen LogP contribution in [0.15, 0.2) is 39.1 Å². The van der Waals surface area contributed by atoms with E-state index in [1.807, 2.05) is 24.0 Å². The summed E-state index contributed by atoms with van der Waals surface area (Å²) in [5.41, 5.74) is 12.5. The molecule has 1 aromatic carbocycles. The van der Waals surface area contributed by atoms with Crippen molar-refractivity contribution in [3.05, 3.63) is 39.8 Å². The average molecular weight is 422 g/mol. The van der Waals surface area contributed by atoms with E-state index in [9.17, 15) is 4.79 Å². The Kier molecular flexibility index (Phi) is 5.30. The number of aromatic amines is 1. The molecule has 5 N–H and O–H groups in total. The van der Waals surface area contributed by atoms with Crippen molar-refractivity contribution >= 4 is 34.9 Å². The Balaban J connectivity index is 1.47. The third-order valence-electron chi connectivity index (χ3n) is 5.86. The number of rotatable bonds is 3. The summed E-state index contributed by atoms with van der Waals surface area (Å²) in [6, 6.07) is 5.46. The van der Waals surface area contributed by atoms with Gasteiger partial charge in [0.15, 0.2) is 5.82 Å². The van der Waals surface area contributed by atoms with Crippen LogP contribution in [0.5, 0.6) is 0 Å². The average Bonchev–Trinajstić information content (AvgIpc) is 2.95. The lowest BCUT2D eigenvalue weighted by Gasteiger charge is -2.41. The molecule has 2 atom stereocenters. The van der Waals surface area contributed by atoms with Crippen molar-refractivity contribution in [1.29, 1.82) is 0 Å². The first kappa shape index (κ1) is 19.6. The minimum absolute atomic E-state index is 0.0163. The van der Waals surface area contributed by atoms with Crippen LogP contribution in [0.1, 0.15) is 19.8 Å². The molecule has 1 spiro atoms. The standard InChI is InChI=1S/C19H24ClN5O2S/c1-11-16(22)19(10-27-11)5-7-25(8-6-19)17-18(26)24-14(9-23-17)28-13-4-2-3-12(21)15(13)20/h2-4,9,11,16H,5-8,10,21-22H2,1H3,(H,24,26)/t11-,16+/m0/s1. The molecule has 0 amide bonds. The monoisotopic (exact) mass is 421 g/mol. The highest BCUT2D eigenvalue weighted by Crippen LogP contribution is 2.41. The van der Waals surface area contributed by atoms with Crippen molar-refractivity contribution in [3.63, 3.8) is 0 Å². The highest BCUT2D eigenvalue weighted by atomic mass is 35.5. The minimum Gasteiger partial charge on any atom is -0.397 e. The summed E-state index contributed by atoms with van der Waals surface area (Å²) in [7, 11) is 0. The van der Waals surface area contributed by atoms with E-state index in [-0.39, 0.29) is 23.1 Å². The van der Waals surface area contributed by atoms with Gasteiger partial charge in [-0.2, -0.15) is 0 Å². The molecule has 150 valence electrons. The van der Waals surface area contributed by atoms with Crippen LogP contribution in [-0.4, -0.2) is 41.8 Å². The predicted molar refractivity (Wildman–Crippen MR) is 112 cm³/mol. The Morgan fingerprint density at radius 3 is 2.79 bits per heavy atom. The topological polar surface area (TPSA) is 110 Å². The van der Waals surface area contributed by atoms with Gasteiger partial charge in [0.1, 0.15) is 0 Å². The lowest BCUT2D eigenvalue weighted by Crippen LogP contribution is -2.51. The van der Waals surface area contributed by atoms with Crippen LogP contribution < -0.4 is 21.9 Å². The van der Waals surface area contributed by atoms with Crippen LogP contribution in [-0.2, 0) is 4.74 Å². The van der Waals surface area contributed by atoms with Crippen LogP contribution in [0, 0.1) is 5.41 Å². The molecular weight excluding hydrogens is 398 g/mol. The first-order valence-corrected chi connectivity index (χ1v) is 10.5. The second-order valence-electron chi connectivity index (χ2n) is 7.55. The van der Waals surface area contributed by atoms with Crippen molar-refractivity contribution in [2.45, 2.75) is 41.8 Å². The predicted octanol–water partition coefficient (Wildman–Crippen LogP) is 2.49. The van der Waals surface area contributed by atoms with E-state index >= 15 is 0 Å². The highest BCUT2D eigenvalue weighted by molar-refractivity contribution is 7.99. The molecule has 0 aliphatic carbocycles. The molecule has 7 nitrogen and oxygen atoms in total. The number of aromatic nitrogens is 2. The highest BCUT2D eigenvalue weighted by Gasteiger charge is 2.47. The molecule has 2 saturated heterocycles. The molecule has 3 heterocycles. The van der Waals surface area contributed by atoms with Crippen LogP contribution in [0.3, 0.4) is 0 Å².